The van der Waals surface area contributed by atoms with Crippen molar-refractivity contribution in [1.82, 2.24) is 0 Å². The van der Waals surface area contributed by atoms with Crippen LogP contribution in [0.1, 0.15) is 127 Å². The van der Waals surface area contributed by atoms with Gasteiger partial charge in [-0.25, -0.2) is 9.59 Å². The summed E-state index contributed by atoms with van der Waals surface area (Å²) in [5.41, 5.74) is 1.98. The van der Waals surface area contributed by atoms with Crippen LogP contribution < -0.4 is 25.4 Å². The fraction of sp³-hybridized carbons (Fsp3) is 0.477. The first-order chi connectivity index (χ1) is 27.6. The number of aromatic hydroxyl groups is 1. The van der Waals surface area contributed by atoms with Crippen LogP contribution in [0.5, 0.6) is 17.2 Å². The number of urea groups is 1. The van der Waals surface area contributed by atoms with Gasteiger partial charge in [0.2, 0.25) is 0 Å². The lowest BCUT2D eigenvalue weighted by atomic mass is 9.84. The second-order valence-corrected chi connectivity index (χ2v) is 14.8. The Balaban J connectivity index is 1.51. The molecule has 1 atom stereocenters. The molecule has 306 valence electrons. The van der Waals surface area contributed by atoms with Gasteiger partial charge in [-0.3, -0.25) is 9.79 Å². The number of anilines is 3. The number of carbonyl (C=O) groups is 3. The van der Waals surface area contributed by atoms with Crippen molar-refractivity contribution < 1.29 is 33.7 Å². The van der Waals surface area contributed by atoms with Crippen LogP contribution in [0, 0.1) is 11.3 Å². The normalized spacial score (nSPS) is 13.2. The van der Waals surface area contributed by atoms with Gasteiger partial charge in [-0.1, -0.05) is 102 Å². The van der Waals surface area contributed by atoms with Gasteiger partial charge in [-0.2, -0.15) is 5.26 Å². The third-order valence-corrected chi connectivity index (χ3v) is 10.4. The highest BCUT2D eigenvalue weighted by Crippen LogP contribution is 2.38. The van der Waals surface area contributed by atoms with Crippen molar-refractivity contribution in [2.45, 2.75) is 122 Å². The molecule has 1 unspecified atom stereocenters. The fourth-order valence-electron chi connectivity index (χ4n) is 6.94. The quantitative estimate of drug-likeness (QED) is 0.0336. The van der Waals surface area contributed by atoms with E-state index in [1.165, 1.54) is 94.7 Å². The summed E-state index contributed by atoms with van der Waals surface area (Å²) in [5.74, 6) is -0.771. The van der Waals surface area contributed by atoms with Gasteiger partial charge in [0.1, 0.15) is 23.3 Å². The highest BCUT2D eigenvalue weighted by Gasteiger charge is 2.25. The lowest BCUT2D eigenvalue weighted by molar-refractivity contribution is -0.142. The summed E-state index contributed by atoms with van der Waals surface area (Å²) in [6, 6.07) is 14.0. The predicted octanol–water partition coefficient (Wildman–Crippen LogP) is 11.2. The van der Waals surface area contributed by atoms with Gasteiger partial charge in [0, 0.05) is 17.8 Å². The number of methoxy groups -OCH3 is 1. The number of rotatable bonds is 22. The standard InChI is InChI=1S/C44H56ClN5O7/c1-4-5-6-7-8-9-10-11-12-16-19-40(57-39-23-20-31(25-34(39)45)30-17-14-13-15-18-30)43(53)49-37-26-38(51)36(27-41(37)56-29-42(52)55-3)50-44(54)48-33-21-22-35(47-2)32(24-33)28-46/h20-27,30,40,51H,2,4-19,29H2,1,3H3,(H,49,53)(H2,48,50,54). The predicted molar refractivity (Wildman–Crippen MR) is 225 cm³/mol. The smallest absolute Gasteiger partial charge is 0.343 e. The summed E-state index contributed by atoms with van der Waals surface area (Å²) >= 11 is 6.78. The van der Waals surface area contributed by atoms with E-state index in [1.807, 2.05) is 24.3 Å². The molecule has 4 rings (SSSR count). The number of ether oxygens (including phenoxy) is 3. The van der Waals surface area contributed by atoms with Gasteiger partial charge in [-0.15, -0.1) is 0 Å². The zero-order valence-electron chi connectivity index (χ0n) is 33.2. The molecule has 0 spiro atoms. The molecule has 0 aliphatic heterocycles. The zero-order chi connectivity index (χ0) is 41.0. The van der Waals surface area contributed by atoms with Gasteiger partial charge in [0.25, 0.3) is 5.91 Å². The maximum atomic E-state index is 14.0. The molecule has 0 bridgehead atoms. The number of nitriles is 1. The molecule has 1 aliphatic carbocycles. The van der Waals surface area contributed by atoms with Crippen molar-refractivity contribution in [3.05, 3.63) is 64.7 Å². The Hall–Kier alpha value is -5.28. The first kappa shape index (κ1) is 44.4. The Morgan fingerprint density at radius 1 is 0.895 bits per heavy atom. The molecule has 57 heavy (non-hydrogen) atoms. The second-order valence-electron chi connectivity index (χ2n) is 14.4. The Morgan fingerprint density at radius 2 is 1.60 bits per heavy atom. The second kappa shape index (κ2) is 23.7. The van der Waals surface area contributed by atoms with E-state index in [1.54, 1.807) is 6.07 Å². The van der Waals surface area contributed by atoms with E-state index in [0.717, 1.165) is 38.5 Å². The molecule has 1 aliphatic rings. The van der Waals surface area contributed by atoms with Crippen LogP contribution in [0.25, 0.3) is 0 Å². The summed E-state index contributed by atoms with van der Waals surface area (Å²) in [5, 5.41) is 28.8. The third kappa shape index (κ3) is 14.3. The number of unbranched alkanes of at least 4 members (excludes halogenated alkanes) is 9. The van der Waals surface area contributed by atoms with E-state index >= 15 is 0 Å². The molecule has 1 saturated carbocycles. The molecule has 1 fully saturated rings. The number of hydrogen-bond donors (Lipinski definition) is 4. The summed E-state index contributed by atoms with van der Waals surface area (Å²) in [6.07, 6.45) is 16.7. The van der Waals surface area contributed by atoms with E-state index in [0.29, 0.717) is 34.5 Å². The summed E-state index contributed by atoms with van der Waals surface area (Å²) in [7, 11) is 1.21. The third-order valence-electron chi connectivity index (χ3n) is 10.1. The van der Waals surface area contributed by atoms with Crippen LogP contribution >= 0.6 is 11.6 Å². The largest absolute Gasteiger partial charge is 0.506 e. The number of amides is 3. The van der Waals surface area contributed by atoms with Gasteiger partial charge in [-0.05, 0) is 74.2 Å². The van der Waals surface area contributed by atoms with Crippen molar-refractivity contribution in [2.24, 2.45) is 4.99 Å². The maximum absolute atomic E-state index is 14.0. The van der Waals surface area contributed by atoms with Crippen LogP contribution in [0.2, 0.25) is 5.02 Å². The molecular weight excluding hydrogens is 746 g/mol. The number of esters is 1. The Kier molecular flexibility index (Phi) is 18.5. The molecule has 4 N–H and O–H groups in total. The van der Waals surface area contributed by atoms with Crippen LogP contribution in [0.3, 0.4) is 0 Å². The minimum atomic E-state index is -0.947. The number of carbonyl (C=O) groups excluding carboxylic acids is 3. The minimum Gasteiger partial charge on any atom is -0.506 e. The Labute approximate surface area is 341 Å². The highest BCUT2D eigenvalue weighted by atomic mass is 35.5. The monoisotopic (exact) mass is 801 g/mol. The summed E-state index contributed by atoms with van der Waals surface area (Å²) < 4.78 is 16.8. The molecule has 13 heteroatoms. The maximum Gasteiger partial charge on any atom is 0.343 e. The average Bonchev–Trinajstić information content (AvgIpc) is 3.22. The number of hydrogen-bond acceptors (Lipinski definition) is 9. The SMILES string of the molecule is C=Nc1ccc(NC(=O)Nc2cc(OCC(=O)OC)c(NC(=O)C(CCCCCCCCCCCC)Oc3ccc(C4CCCCC4)cc3Cl)cc2O)cc1C#N. The van der Waals surface area contributed by atoms with E-state index < -0.39 is 36.4 Å². The Morgan fingerprint density at radius 3 is 2.25 bits per heavy atom. The van der Waals surface area contributed by atoms with Crippen molar-refractivity contribution in [2.75, 3.05) is 29.7 Å². The Bertz CT molecular complexity index is 1860. The van der Waals surface area contributed by atoms with Crippen LogP contribution in [0.4, 0.5) is 27.5 Å². The minimum absolute atomic E-state index is 0.0254. The van der Waals surface area contributed by atoms with Crippen molar-refractivity contribution in [3.8, 4) is 23.3 Å². The molecule has 3 aromatic rings. The van der Waals surface area contributed by atoms with Gasteiger partial charge < -0.3 is 35.3 Å². The summed E-state index contributed by atoms with van der Waals surface area (Å²) in [4.78, 5) is 42.8. The zero-order valence-corrected chi connectivity index (χ0v) is 33.9. The van der Waals surface area contributed by atoms with Crippen molar-refractivity contribution in [3.63, 3.8) is 0 Å². The lowest BCUT2D eigenvalue weighted by Crippen LogP contribution is -2.33. The molecule has 0 heterocycles. The number of nitrogens with one attached hydrogen (secondary N) is 3. The molecule has 0 aromatic heterocycles. The number of halogens is 1. The summed E-state index contributed by atoms with van der Waals surface area (Å²) in [6.45, 7) is 5.14. The van der Waals surface area contributed by atoms with Gasteiger partial charge in [0.05, 0.1) is 34.8 Å². The van der Waals surface area contributed by atoms with Crippen LogP contribution in [0.15, 0.2) is 53.5 Å². The molecule has 12 nitrogen and oxygen atoms in total. The van der Waals surface area contributed by atoms with E-state index in [-0.39, 0.29) is 22.7 Å². The highest BCUT2D eigenvalue weighted by molar-refractivity contribution is 6.32. The average molecular weight is 802 g/mol. The van der Waals surface area contributed by atoms with Crippen LogP contribution in [-0.2, 0) is 14.3 Å². The number of phenolic OH excluding ortho intramolecular Hbond substituents is 1. The number of phenols is 1. The lowest BCUT2D eigenvalue weighted by Gasteiger charge is -2.24. The van der Waals surface area contributed by atoms with E-state index in [2.05, 4.69) is 34.6 Å². The van der Waals surface area contributed by atoms with Crippen LogP contribution in [-0.4, -0.2) is 49.6 Å². The fourth-order valence-corrected chi connectivity index (χ4v) is 7.17. The number of aliphatic imine (C=N–C) groups is 1. The van der Waals surface area contributed by atoms with Crippen molar-refractivity contribution >= 4 is 59.0 Å². The van der Waals surface area contributed by atoms with Gasteiger partial charge >= 0.3 is 12.0 Å². The topological polar surface area (TPSA) is 171 Å². The van der Waals surface area contributed by atoms with Crippen molar-refractivity contribution in [1.29, 1.82) is 5.26 Å². The molecular formula is C44H56ClN5O7. The molecule has 3 amide bonds. The molecule has 0 radical (unpaired) electrons. The van der Waals surface area contributed by atoms with Gasteiger partial charge in [0.15, 0.2) is 12.7 Å². The van der Waals surface area contributed by atoms with E-state index in [4.69, 9.17) is 25.8 Å². The first-order valence-corrected chi connectivity index (χ1v) is 20.5. The molecule has 0 saturated heterocycles. The number of benzene rings is 3. The first-order valence-electron chi connectivity index (χ1n) is 20.1. The molecule has 3 aromatic carbocycles. The number of nitrogens with zero attached hydrogens (tertiary/aromatic N) is 2. The van der Waals surface area contributed by atoms with E-state index in [9.17, 15) is 24.8 Å².